The van der Waals surface area contributed by atoms with Crippen molar-refractivity contribution in [2.45, 2.75) is 12.8 Å². The molecule has 0 amide bonds. The molecule has 2 heterocycles. The Balaban J connectivity index is 1.75. The molecule has 0 N–H and O–H groups in total. The highest BCUT2D eigenvalue weighted by atomic mass is 35.5. The van der Waals surface area contributed by atoms with Crippen LogP contribution in [0.3, 0.4) is 0 Å². The topological polar surface area (TPSA) is 89.4 Å². The minimum Gasteiger partial charge on any atom is -0.619 e. The average molecular weight is 449 g/mol. The van der Waals surface area contributed by atoms with E-state index >= 15 is 0 Å². The van der Waals surface area contributed by atoms with Crippen molar-refractivity contribution < 1.29 is 23.7 Å². The first-order valence-corrected chi connectivity index (χ1v) is 9.72. The van der Waals surface area contributed by atoms with Crippen LogP contribution in [0.15, 0.2) is 55.0 Å². The Morgan fingerprint density at radius 3 is 2.47 bits per heavy atom. The second-order valence-corrected chi connectivity index (χ2v) is 7.19. The molecule has 0 bridgehead atoms. The third-order valence-electron chi connectivity index (χ3n) is 4.40. The van der Waals surface area contributed by atoms with Crippen molar-refractivity contribution in [3.05, 3.63) is 92.3 Å². The van der Waals surface area contributed by atoms with Crippen molar-refractivity contribution in [2.24, 2.45) is 0 Å². The highest BCUT2D eigenvalue weighted by Crippen LogP contribution is 2.30. The molecule has 0 spiro atoms. The Hall–Kier alpha value is -3.03. The summed E-state index contributed by atoms with van der Waals surface area (Å²) >= 11 is 12.1. The maximum Gasteiger partial charge on any atom is 0.199 e. The van der Waals surface area contributed by atoms with Gasteiger partial charge in [-0.25, -0.2) is 0 Å². The number of hydrogen-bond acceptors (Lipinski definition) is 5. The number of ether oxygens (including phenoxy) is 2. The molecule has 9 heteroatoms. The van der Waals surface area contributed by atoms with E-state index in [1.807, 2.05) is 0 Å². The fourth-order valence-electron chi connectivity index (χ4n) is 2.85. The molecule has 2 aromatic heterocycles. The number of methoxy groups -OCH3 is 1. The lowest BCUT2D eigenvalue weighted by Gasteiger charge is -2.12. The molecule has 0 saturated carbocycles. The van der Waals surface area contributed by atoms with Gasteiger partial charge in [-0.3, -0.25) is 4.79 Å². The van der Waals surface area contributed by atoms with Crippen LogP contribution >= 0.6 is 23.2 Å². The van der Waals surface area contributed by atoms with E-state index in [2.05, 4.69) is 0 Å². The van der Waals surface area contributed by atoms with Gasteiger partial charge in [-0.2, -0.15) is 9.46 Å². The van der Waals surface area contributed by atoms with Crippen LogP contribution in [-0.4, -0.2) is 19.5 Å². The van der Waals surface area contributed by atoms with Gasteiger partial charge in [0.15, 0.2) is 41.6 Å². The number of rotatable bonds is 8. The van der Waals surface area contributed by atoms with Gasteiger partial charge in [-0.15, -0.1) is 0 Å². The van der Waals surface area contributed by atoms with E-state index < -0.39 is 0 Å². The molecule has 0 aliphatic rings. The van der Waals surface area contributed by atoms with E-state index in [0.717, 1.165) is 17.1 Å². The van der Waals surface area contributed by atoms with Crippen LogP contribution in [0.25, 0.3) is 0 Å². The van der Waals surface area contributed by atoms with Crippen LogP contribution in [0, 0.1) is 10.4 Å². The molecule has 0 aliphatic heterocycles. The quantitative estimate of drug-likeness (QED) is 0.299. The van der Waals surface area contributed by atoms with Gasteiger partial charge in [0.1, 0.15) is 10.0 Å². The number of nitrogens with zero attached hydrogens (tertiary/aromatic N) is 2. The number of ketones is 1. The first-order chi connectivity index (χ1) is 14.4. The molecule has 0 radical (unpaired) electrons. The van der Waals surface area contributed by atoms with Gasteiger partial charge in [-0.05, 0) is 18.2 Å². The lowest BCUT2D eigenvalue weighted by molar-refractivity contribution is -0.614. The summed E-state index contributed by atoms with van der Waals surface area (Å²) in [5, 5.41) is 23.3. The monoisotopic (exact) mass is 448 g/mol. The van der Waals surface area contributed by atoms with Gasteiger partial charge in [0.05, 0.1) is 20.1 Å². The summed E-state index contributed by atoms with van der Waals surface area (Å²) in [5.41, 5.74) is 1.31. The highest BCUT2D eigenvalue weighted by molar-refractivity contribution is 6.36. The van der Waals surface area contributed by atoms with E-state index in [9.17, 15) is 15.2 Å². The summed E-state index contributed by atoms with van der Waals surface area (Å²) in [5.74, 6) is 0.576. The molecular weight excluding hydrogens is 431 g/mol. The van der Waals surface area contributed by atoms with Gasteiger partial charge in [0.2, 0.25) is 0 Å². The lowest BCUT2D eigenvalue weighted by Crippen LogP contribution is -2.31. The van der Waals surface area contributed by atoms with E-state index in [0.29, 0.717) is 39.5 Å². The smallest absolute Gasteiger partial charge is 0.199 e. The molecule has 30 heavy (non-hydrogen) atoms. The Labute approximate surface area is 183 Å². The molecule has 1 aromatic carbocycles. The summed E-state index contributed by atoms with van der Waals surface area (Å²) in [6.45, 7) is 0.222. The zero-order valence-electron chi connectivity index (χ0n) is 16.0. The number of Topliss-reactive ketones (excluding diaryl/α,β-unsaturated/α-hetero) is 1. The molecule has 0 atom stereocenters. The maximum atomic E-state index is 12.8. The van der Waals surface area contributed by atoms with Crippen LogP contribution < -0.4 is 18.9 Å². The molecule has 0 aliphatic carbocycles. The number of hydrogen-bond donors (Lipinski definition) is 0. The van der Waals surface area contributed by atoms with Crippen molar-refractivity contribution in [1.82, 2.24) is 0 Å². The molecule has 0 fully saturated rings. The first kappa shape index (κ1) is 21.7. The summed E-state index contributed by atoms with van der Waals surface area (Å²) in [6, 6.07) is 9.94. The van der Waals surface area contributed by atoms with Crippen LogP contribution in [0.2, 0.25) is 10.0 Å². The Bertz CT molecular complexity index is 1050. The molecule has 3 rings (SSSR count). The summed E-state index contributed by atoms with van der Waals surface area (Å²) in [4.78, 5) is 12.8. The van der Waals surface area contributed by atoms with E-state index in [1.54, 1.807) is 36.4 Å². The van der Waals surface area contributed by atoms with Crippen molar-refractivity contribution in [3.63, 3.8) is 0 Å². The average Bonchev–Trinajstić information content (AvgIpc) is 2.71. The zero-order valence-corrected chi connectivity index (χ0v) is 17.5. The molecule has 7 nitrogen and oxygen atoms in total. The molecule has 0 unspecified atom stereocenters. The minimum absolute atomic E-state index is 0.0789. The second-order valence-electron chi connectivity index (χ2n) is 6.37. The van der Waals surface area contributed by atoms with Crippen LogP contribution in [0.4, 0.5) is 0 Å². The normalized spacial score (nSPS) is 10.6. The molecule has 3 aromatic rings. The fourth-order valence-corrected chi connectivity index (χ4v) is 3.43. The number of aromatic nitrogens is 2. The van der Waals surface area contributed by atoms with Crippen LogP contribution in [0.5, 0.6) is 11.5 Å². The first-order valence-electron chi connectivity index (χ1n) is 8.97. The third kappa shape index (κ3) is 5.11. The Morgan fingerprint density at radius 1 is 1.07 bits per heavy atom. The predicted molar refractivity (Wildman–Crippen MR) is 111 cm³/mol. The number of benzene rings is 1. The highest BCUT2D eigenvalue weighted by Gasteiger charge is 2.18. The lowest BCUT2D eigenvalue weighted by atomic mass is 10.0. The van der Waals surface area contributed by atoms with Gasteiger partial charge in [0, 0.05) is 29.7 Å². The number of carbonyl (C=O) groups is 1. The van der Waals surface area contributed by atoms with Gasteiger partial charge in [-0.1, -0.05) is 29.3 Å². The molecule has 156 valence electrons. The molecule has 0 saturated heterocycles. The second kappa shape index (κ2) is 9.65. The van der Waals surface area contributed by atoms with Crippen LogP contribution in [0.1, 0.15) is 21.6 Å². The van der Waals surface area contributed by atoms with Gasteiger partial charge in [0.25, 0.3) is 0 Å². The maximum absolute atomic E-state index is 12.8. The number of carbonyl (C=O) groups excluding carboxylic acids is 1. The molecular formula is C21H18Cl2N2O5. The minimum atomic E-state index is -0.254. The Kier molecular flexibility index (Phi) is 6.97. The van der Waals surface area contributed by atoms with Gasteiger partial charge < -0.3 is 19.9 Å². The third-order valence-corrected chi connectivity index (χ3v) is 5.05. The summed E-state index contributed by atoms with van der Waals surface area (Å²) in [7, 11) is 1.49. The number of halogens is 2. The summed E-state index contributed by atoms with van der Waals surface area (Å²) < 4.78 is 12.3. The van der Waals surface area contributed by atoms with Crippen molar-refractivity contribution in [3.8, 4) is 11.5 Å². The van der Waals surface area contributed by atoms with E-state index in [-0.39, 0.29) is 28.9 Å². The predicted octanol–water partition coefficient (Wildman–Crippen LogP) is 3.32. The van der Waals surface area contributed by atoms with Crippen molar-refractivity contribution in [1.29, 1.82) is 0 Å². The van der Waals surface area contributed by atoms with E-state index in [4.69, 9.17) is 32.7 Å². The Morgan fingerprint density at radius 2 is 1.80 bits per heavy atom. The van der Waals surface area contributed by atoms with Crippen molar-refractivity contribution in [2.75, 3.05) is 13.7 Å². The van der Waals surface area contributed by atoms with Gasteiger partial charge >= 0.3 is 0 Å². The standard InChI is InChI=1S/C21H18Cl2N2O5/c1-29-20-6-5-14(19(26)11-16-17(22)12-24(27)13-18(16)23)10-21(20)30-9-7-15-4-2-3-8-25(15)28/h2-6,8,10,12-13H,7,9,11H2,1H3. The SMILES string of the molecule is COc1ccc(C(=O)Cc2c(Cl)c[n+]([O-])cc2Cl)cc1OCCc1cccc[n+]1[O-]. The number of pyridine rings is 2. The largest absolute Gasteiger partial charge is 0.619 e. The fraction of sp³-hybridized carbons (Fsp3) is 0.190. The zero-order chi connectivity index (χ0) is 21.7. The van der Waals surface area contributed by atoms with E-state index in [1.165, 1.54) is 13.3 Å². The summed E-state index contributed by atoms with van der Waals surface area (Å²) in [6.07, 6.45) is 4.01. The van der Waals surface area contributed by atoms with Crippen molar-refractivity contribution >= 4 is 29.0 Å². The van der Waals surface area contributed by atoms with Crippen LogP contribution in [-0.2, 0) is 12.8 Å².